The summed E-state index contributed by atoms with van der Waals surface area (Å²) in [5.41, 5.74) is 0. The van der Waals surface area contributed by atoms with E-state index in [9.17, 15) is 8.42 Å². The van der Waals surface area contributed by atoms with Gasteiger partial charge < -0.3 is 5.32 Å². The molecule has 0 bridgehead atoms. The quantitative estimate of drug-likeness (QED) is 0.634. The highest BCUT2D eigenvalue weighted by molar-refractivity contribution is 7.86. The van der Waals surface area contributed by atoms with Crippen molar-refractivity contribution in [1.29, 1.82) is 0 Å². The van der Waals surface area contributed by atoms with Crippen LogP contribution in [0.5, 0.6) is 0 Å². The molecule has 12 heavy (non-hydrogen) atoms. The fourth-order valence-corrected chi connectivity index (χ4v) is 1.61. The van der Waals surface area contributed by atoms with Gasteiger partial charge in [-0.25, -0.2) is 0 Å². The van der Waals surface area contributed by atoms with E-state index in [4.69, 9.17) is 4.55 Å². The SMILES string of the molecule is CC(NC1CC1)C(C)S(=O)(=O)O. The van der Waals surface area contributed by atoms with E-state index in [-0.39, 0.29) is 6.04 Å². The first kappa shape index (κ1) is 9.95. The summed E-state index contributed by atoms with van der Waals surface area (Å²) in [6.07, 6.45) is 2.23. The van der Waals surface area contributed by atoms with E-state index in [2.05, 4.69) is 5.32 Å². The molecule has 72 valence electrons. The summed E-state index contributed by atoms with van der Waals surface area (Å²) < 4.78 is 30.1. The number of nitrogens with one attached hydrogen (secondary N) is 1. The molecule has 1 aliphatic rings. The van der Waals surface area contributed by atoms with Crippen LogP contribution in [0.3, 0.4) is 0 Å². The molecule has 1 aliphatic carbocycles. The van der Waals surface area contributed by atoms with E-state index in [1.807, 2.05) is 0 Å². The van der Waals surface area contributed by atoms with E-state index in [0.717, 1.165) is 12.8 Å². The lowest BCUT2D eigenvalue weighted by Crippen LogP contribution is -2.41. The monoisotopic (exact) mass is 193 g/mol. The van der Waals surface area contributed by atoms with Gasteiger partial charge in [-0.3, -0.25) is 4.55 Å². The fourth-order valence-electron chi connectivity index (χ4n) is 1.02. The molecule has 2 atom stereocenters. The van der Waals surface area contributed by atoms with Crippen LogP contribution < -0.4 is 5.32 Å². The molecule has 0 aliphatic heterocycles. The van der Waals surface area contributed by atoms with E-state index < -0.39 is 15.4 Å². The third-order valence-electron chi connectivity index (χ3n) is 2.25. The van der Waals surface area contributed by atoms with E-state index in [1.165, 1.54) is 6.92 Å². The molecule has 0 radical (unpaired) electrons. The van der Waals surface area contributed by atoms with Gasteiger partial charge in [0.1, 0.15) is 0 Å². The van der Waals surface area contributed by atoms with E-state index >= 15 is 0 Å². The molecule has 0 heterocycles. The molecule has 4 nitrogen and oxygen atoms in total. The molecule has 0 amide bonds. The van der Waals surface area contributed by atoms with Crippen LogP contribution in [0, 0.1) is 0 Å². The average molecular weight is 193 g/mol. The Hall–Kier alpha value is -0.130. The first-order valence-electron chi connectivity index (χ1n) is 4.13. The van der Waals surface area contributed by atoms with Crippen molar-refractivity contribution in [3.05, 3.63) is 0 Å². The zero-order chi connectivity index (χ0) is 9.35. The molecular formula is C7H15NO3S. The largest absolute Gasteiger partial charge is 0.310 e. The van der Waals surface area contributed by atoms with Crippen molar-refractivity contribution in [3.8, 4) is 0 Å². The summed E-state index contributed by atoms with van der Waals surface area (Å²) in [4.78, 5) is 0. The molecule has 0 aromatic rings. The maximum Gasteiger partial charge on any atom is 0.269 e. The van der Waals surface area contributed by atoms with Crippen molar-refractivity contribution in [1.82, 2.24) is 5.32 Å². The molecule has 0 aromatic heterocycles. The van der Waals surface area contributed by atoms with Crippen LogP contribution in [-0.2, 0) is 10.1 Å². The minimum atomic E-state index is -3.88. The minimum Gasteiger partial charge on any atom is -0.310 e. The number of rotatable bonds is 4. The lowest BCUT2D eigenvalue weighted by molar-refractivity contribution is 0.440. The third-order valence-corrected chi connectivity index (χ3v) is 3.60. The van der Waals surface area contributed by atoms with Crippen LogP contribution in [0.25, 0.3) is 0 Å². The summed E-state index contributed by atoms with van der Waals surface area (Å²) in [7, 11) is -3.88. The van der Waals surface area contributed by atoms with Crippen LogP contribution in [-0.4, -0.2) is 30.3 Å². The molecule has 0 saturated heterocycles. The predicted molar refractivity (Wildman–Crippen MR) is 46.6 cm³/mol. The van der Waals surface area contributed by atoms with Gasteiger partial charge in [-0.05, 0) is 26.7 Å². The van der Waals surface area contributed by atoms with Crippen molar-refractivity contribution < 1.29 is 13.0 Å². The van der Waals surface area contributed by atoms with Gasteiger partial charge in [0.2, 0.25) is 0 Å². The maximum absolute atomic E-state index is 10.7. The highest BCUT2D eigenvalue weighted by Crippen LogP contribution is 2.20. The highest BCUT2D eigenvalue weighted by Gasteiger charge is 2.29. The second-order valence-electron chi connectivity index (χ2n) is 3.45. The smallest absolute Gasteiger partial charge is 0.269 e. The van der Waals surface area contributed by atoms with Gasteiger partial charge in [0, 0.05) is 12.1 Å². The fraction of sp³-hybridized carbons (Fsp3) is 1.00. The van der Waals surface area contributed by atoms with Gasteiger partial charge in [0.25, 0.3) is 10.1 Å². The molecule has 1 saturated carbocycles. The zero-order valence-corrected chi connectivity index (χ0v) is 8.13. The van der Waals surface area contributed by atoms with Crippen LogP contribution in [0.15, 0.2) is 0 Å². The number of hydrogen-bond acceptors (Lipinski definition) is 3. The van der Waals surface area contributed by atoms with Crippen molar-refractivity contribution >= 4 is 10.1 Å². The highest BCUT2D eigenvalue weighted by atomic mass is 32.2. The first-order chi connectivity index (χ1) is 5.41. The molecule has 0 aromatic carbocycles. The minimum absolute atomic E-state index is 0.174. The maximum atomic E-state index is 10.7. The zero-order valence-electron chi connectivity index (χ0n) is 7.32. The predicted octanol–water partition coefficient (Wildman–Crippen LogP) is 0.403. The third kappa shape index (κ3) is 2.73. The van der Waals surface area contributed by atoms with Gasteiger partial charge in [-0.2, -0.15) is 8.42 Å². The molecule has 0 spiro atoms. The lowest BCUT2D eigenvalue weighted by Gasteiger charge is -2.18. The normalized spacial score (nSPS) is 23.6. The average Bonchev–Trinajstić information content (AvgIpc) is 2.68. The topological polar surface area (TPSA) is 66.4 Å². The summed E-state index contributed by atoms with van der Waals surface area (Å²) in [6, 6.07) is 0.289. The Bertz CT molecular complexity index is 245. The molecule has 2 unspecified atom stereocenters. The van der Waals surface area contributed by atoms with Crippen LogP contribution in [0.1, 0.15) is 26.7 Å². The summed E-state index contributed by atoms with van der Waals surface area (Å²) >= 11 is 0. The van der Waals surface area contributed by atoms with Gasteiger partial charge in [0.05, 0.1) is 5.25 Å². The Kier molecular flexibility index (Phi) is 2.75. The van der Waals surface area contributed by atoms with Gasteiger partial charge in [-0.1, -0.05) is 0 Å². The molecule has 2 N–H and O–H groups in total. The van der Waals surface area contributed by atoms with E-state index in [1.54, 1.807) is 6.92 Å². The number of hydrogen-bond donors (Lipinski definition) is 2. The molecule has 1 fully saturated rings. The Morgan fingerprint density at radius 2 is 1.92 bits per heavy atom. The summed E-state index contributed by atoms with van der Waals surface area (Å²) in [5, 5.41) is 2.40. The van der Waals surface area contributed by atoms with Crippen LogP contribution >= 0.6 is 0 Å². The Morgan fingerprint density at radius 3 is 2.25 bits per heavy atom. The van der Waals surface area contributed by atoms with Crippen molar-refractivity contribution in [2.75, 3.05) is 0 Å². The van der Waals surface area contributed by atoms with Gasteiger partial charge in [0.15, 0.2) is 0 Å². The van der Waals surface area contributed by atoms with Crippen molar-refractivity contribution in [2.45, 2.75) is 44.0 Å². The Morgan fingerprint density at radius 1 is 1.42 bits per heavy atom. The second kappa shape index (κ2) is 3.32. The Balaban J connectivity index is 2.44. The first-order valence-corrected chi connectivity index (χ1v) is 5.64. The van der Waals surface area contributed by atoms with Crippen molar-refractivity contribution in [2.24, 2.45) is 0 Å². The Labute approximate surface area is 73.1 Å². The summed E-state index contributed by atoms with van der Waals surface area (Å²) in [6.45, 7) is 3.28. The van der Waals surface area contributed by atoms with Crippen molar-refractivity contribution in [3.63, 3.8) is 0 Å². The van der Waals surface area contributed by atoms with Crippen LogP contribution in [0.4, 0.5) is 0 Å². The molecule has 1 rings (SSSR count). The second-order valence-corrected chi connectivity index (χ2v) is 5.22. The van der Waals surface area contributed by atoms with E-state index in [0.29, 0.717) is 6.04 Å². The summed E-state index contributed by atoms with van der Waals surface area (Å²) in [5.74, 6) is 0. The standard InChI is InChI=1S/C7H15NO3S/c1-5(8-7-3-4-7)6(2)12(9,10)11/h5-8H,3-4H2,1-2H3,(H,9,10,11). The van der Waals surface area contributed by atoms with Crippen LogP contribution in [0.2, 0.25) is 0 Å². The van der Waals surface area contributed by atoms with Gasteiger partial charge in [-0.15, -0.1) is 0 Å². The lowest BCUT2D eigenvalue weighted by atomic mass is 10.2. The van der Waals surface area contributed by atoms with Gasteiger partial charge >= 0.3 is 0 Å². The molecular weight excluding hydrogens is 178 g/mol. The molecule has 5 heteroatoms.